The van der Waals surface area contributed by atoms with Crippen LogP contribution in [0.25, 0.3) is 0 Å². The van der Waals surface area contributed by atoms with Gasteiger partial charge in [0.15, 0.2) is 11.5 Å². The molecule has 6 nitrogen and oxygen atoms in total. The van der Waals surface area contributed by atoms with Crippen LogP contribution in [-0.4, -0.2) is 43.5 Å². The Hall–Kier alpha value is -3.22. The lowest BCUT2D eigenvalue weighted by Crippen LogP contribution is -2.50. The van der Waals surface area contributed by atoms with Gasteiger partial charge in [-0.05, 0) is 54.3 Å². The molecule has 3 rings (SSSR count). The number of rotatable bonds is 12. The minimum atomic E-state index is -0.716. The maximum absolute atomic E-state index is 13.7. The lowest BCUT2D eigenvalue weighted by molar-refractivity contribution is -0.141. The third-order valence-electron chi connectivity index (χ3n) is 6.05. The smallest absolute Gasteiger partial charge is 0.243 e. The second-order valence-electron chi connectivity index (χ2n) is 8.55. The van der Waals surface area contributed by atoms with Gasteiger partial charge in [-0.25, -0.2) is 0 Å². The summed E-state index contributed by atoms with van der Waals surface area (Å²) in [5.74, 6) is 0.848. The van der Waals surface area contributed by atoms with Crippen molar-refractivity contribution in [2.75, 3.05) is 20.8 Å². The van der Waals surface area contributed by atoms with Gasteiger partial charge in [-0.3, -0.25) is 9.59 Å². The molecule has 196 valence electrons. The molecule has 0 fully saturated rings. The van der Waals surface area contributed by atoms with Crippen LogP contribution in [0, 0.1) is 0 Å². The molecule has 1 N–H and O–H groups in total. The lowest BCUT2D eigenvalue weighted by Gasteiger charge is -2.32. The van der Waals surface area contributed by atoms with Crippen LogP contribution in [0.2, 0.25) is 10.0 Å². The van der Waals surface area contributed by atoms with Crippen LogP contribution in [0.15, 0.2) is 66.7 Å². The Labute approximate surface area is 228 Å². The summed E-state index contributed by atoms with van der Waals surface area (Å²) in [4.78, 5) is 28.6. The lowest BCUT2D eigenvalue weighted by atomic mass is 10.0. The third kappa shape index (κ3) is 7.88. The van der Waals surface area contributed by atoms with E-state index < -0.39 is 6.04 Å². The Balaban J connectivity index is 1.91. The number of hydrogen-bond donors (Lipinski definition) is 1. The molecule has 0 radical (unpaired) electrons. The van der Waals surface area contributed by atoms with Crippen molar-refractivity contribution < 1.29 is 19.1 Å². The van der Waals surface area contributed by atoms with Gasteiger partial charge in [-0.15, -0.1) is 0 Å². The van der Waals surface area contributed by atoms with E-state index in [0.29, 0.717) is 46.5 Å². The van der Waals surface area contributed by atoms with E-state index in [4.69, 9.17) is 32.7 Å². The standard InChI is InChI=1S/C29H32Cl2N2O4/c1-4-32-29(35)25(16-20-8-6-5-7-9-20)33(19-22-12-13-23(30)18-24(22)31)28(34)15-11-21-10-14-26(36-2)27(17-21)37-3/h5-10,12-14,17-18,25H,4,11,15-16,19H2,1-3H3,(H,32,35)/t25-/m1/s1. The van der Waals surface area contributed by atoms with Gasteiger partial charge in [-0.1, -0.05) is 65.7 Å². The van der Waals surface area contributed by atoms with Gasteiger partial charge < -0.3 is 19.7 Å². The van der Waals surface area contributed by atoms with Gasteiger partial charge in [-0.2, -0.15) is 0 Å². The summed E-state index contributed by atoms with van der Waals surface area (Å²) in [6.07, 6.45) is 1.04. The van der Waals surface area contributed by atoms with Crippen molar-refractivity contribution in [1.29, 1.82) is 0 Å². The first kappa shape index (κ1) is 28.4. The average molecular weight is 543 g/mol. The Morgan fingerprint density at radius 2 is 1.65 bits per heavy atom. The van der Waals surface area contributed by atoms with Crippen molar-refractivity contribution in [1.82, 2.24) is 10.2 Å². The highest BCUT2D eigenvalue weighted by atomic mass is 35.5. The third-order valence-corrected chi connectivity index (χ3v) is 6.64. The van der Waals surface area contributed by atoms with E-state index >= 15 is 0 Å². The van der Waals surface area contributed by atoms with Crippen LogP contribution in [0.4, 0.5) is 0 Å². The average Bonchev–Trinajstić information content (AvgIpc) is 2.90. The predicted octanol–water partition coefficient (Wildman–Crippen LogP) is 5.72. The van der Waals surface area contributed by atoms with E-state index in [1.807, 2.05) is 55.5 Å². The van der Waals surface area contributed by atoms with Gasteiger partial charge in [0.2, 0.25) is 11.8 Å². The summed E-state index contributed by atoms with van der Waals surface area (Å²) in [5.41, 5.74) is 2.60. The van der Waals surface area contributed by atoms with Gasteiger partial charge in [0.1, 0.15) is 6.04 Å². The molecule has 0 unspecified atom stereocenters. The van der Waals surface area contributed by atoms with E-state index in [1.165, 1.54) is 0 Å². The molecule has 0 aliphatic rings. The van der Waals surface area contributed by atoms with Gasteiger partial charge in [0.25, 0.3) is 0 Å². The Bertz CT molecular complexity index is 1200. The van der Waals surface area contributed by atoms with Crippen molar-refractivity contribution in [3.05, 3.63) is 93.5 Å². The second-order valence-corrected chi connectivity index (χ2v) is 9.39. The van der Waals surface area contributed by atoms with Gasteiger partial charge in [0, 0.05) is 36.0 Å². The number of carbonyl (C=O) groups is 2. The minimum absolute atomic E-state index is 0.159. The highest BCUT2D eigenvalue weighted by Gasteiger charge is 2.30. The first-order valence-electron chi connectivity index (χ1n) is 12.1. The fourth-order valence-electron chi connectivity index (χ4n) is 4.11. The van der Waals surface area contributed by atoms with Crippen molar-refractivity contribution in [2.24, 2.45) is 0 Å². The largest absolute Gasteiger partial charge is 0.493 e. The van der Waals surface area contributed by atoms with E-state index in [2.05, 4.69) is 5.32 Å². The highest BCUT2D eigenvalue weighted by molar-refractivity contribution is 6.35. The van der Waals surface area contributed by atoms with Crippen LogP contribution in [0.5, 0.6) is 11.5 Å². The van der Waals surface area contributed by atoms with Crippen LogP contribution < -0.4 is 14.8 Å². The molecule has 0 heterocycles. The molecular weight excluding hydrogens is 511 g/mol. The molecule has 37 heavy (non-hydrogen) atoms. The van der Waals surface area contributed by atoms with Crippen molar-refractivity contribution in [2.45, 2.75) is 38.8 Å². The zero-order chi connectivity index (χ0) is 26.8. The van der Waals surface area contributed by atoms with Gasteiger partial charge in [0.05, 0.1) is 14.2 Å². The maximum atomic E-state index is 13.7. The van der Waals surface area contributed by atoms with Crippen LogP contribution in [0.1, 0.15) is 30.0 Å². The van der Waals surface area contributed by atoms with E-state index in [9.17, 15) is 9.59 Å². The molecule has 0 aliphatic carbocycles. The second kappa shape index (κ2) is 13.9. The van der Waals surface area contributed by atoms with Crippen molar-refractivity contribution in [3.8, 4) is 11.5 Å². The summed E-state index contributed by atoms with van der Waals surface area (Å²) < 4.78 is 10.7. The number of hydrogen-bond acceptors (Lipinski definition) is 4. The summed E-state index contributed by atoms with van der Waals surface area (Å²) in [7, 11) is 3.15. The predicted molar refractivity (Wildman–Crippen MR) is 147 cm³/mol. The number of benzene rings is 3. The molecule has 3 aromatic rings. The quantitative estimate of drug-likeness (QED) is 0.317. The zero-order valence-corrected chi connectivity index (χ0v) is 22.8. The van der Waals surface area contributed by atoms with E-state index in [0.717, 1.165) is 11.1 Å². The number of aryl methyl sites for hydroxylation is 1. The molecule has 0 bridgehead atoms. The van der Waals surface area contributed by atoms with Crippen LogP contribution in [-0.2, 0) is 29.0 Å². The fraction of sp³-hybridized carbons (Fsp3) is 0.310. The normalized spacial score (nSPS) is 11.5. The molecule has 8 heteroatoms. The Morgan fingerprint density at radius 3 is 2.30 bits per heavy atom. The number of ether oxygens (including phenoxy) is 2. The van der Waals surface area contributed by atoms with Crippen molar-refractivity contribution in [3.63, 3.8) is 0 Å². The summed E-state index contributed by atoms with van der Waals surface area (Å²) in [6.45, 7) is 2.49. The van der Waals surface area contributed by atoms with E-state index in [-0.39, 0.29) is 24.8 Å². The molecule has 0 aromatic heterocycles. The first-order chi connectivity index (χ1) is 17.9. The molecule has 0 aliphatic heterocycles. The monoisotopic (exact) mass is 542 g/mol. The number of carbonyl (C=O) groups excluding carboxylic acids is 2. The Kier molecular flexibility index (Phi) is 10.7. The summed E-state index contributed by atoms with van der Waals surface area (Å²) in [6, 6.07) is 19.7. The summed E-state index contributed by atoms with van der Waals surface area (Å²) >= 11 is 12.6. The number of methoxy groups -OCH3 is 2. The number of halogens is 2. The molecule has 0 saturated heterocycles. The first-order valence-corrected chi connectivity index (χ1v) is 12.9. The molecule has 0 spiro atoms. The maximum Gasteiger partial charge on any atom is 0.243 e. The SMILES string of the molecule is CCNC(=O)[C@@H](Cc1ccccc1)N(Cc1ccc(Cl)cc1Cl)C(=O)CCc1ccc(OC)c(OC)c1. The highest BCUT2D eigenvalue weighted by Crippen LogP contribution is 2.29. The molecular formula is C29H32Cl2N2O4. The summed E-state index contributed by atoms with van der Waals surface area (Å²) in [5, 5.41) is 3.84. The minimum Gasteiger partial charge on any atom is -0.493 e. The van der Waals surface area contributed by atoms with E-state index in [1.54, 1.807) is 37.3 Å². The van der Waals surface area contributed by atoms with Crippen LogP contribution in [0.3, 0.4) is 0 Å². The molecule has 2 amide bonds. The molecule has 3 aromatic carbocycles. The molecule has 0 saturated carbocycles. The zero-order valence-electron chi connectivity index (χ0n) is 21.3. The Morgan fingerprint density at radius 1 is 0.919 bits per heavy atom. The number of amides is 2. The topological polar surface area (TPSA) is 67.9 Å². The van der Waals surface area contributed by atoms with Crippen LogP contribution >= 0.6 is 23.2 Å². The fourth-order valence-corrected chi connectivity index (χ4v) is 4.58. The number of nitrogens with zero attached hydrogens (tertiary/aromatic N) is 1. The molecule has 1 atom stereocenters. The number of likely N-dealkylation sites (N-methyl/N-ethyl adjacent to an activating group) is 1. The van der Waals surface area contributed by atoms with Crippen molar-refractivity contribution >= 4 is 35.0 Å². The number of nitrogens with one attached hydrogen (secondary N) is 1. The van der Waals surface area contributed by atoms with Gasteiger partial charge >= 0.3 is 0 Å².